The molecule has 168 valence electrons. The first kappa shape index (κ1) is 21.3. The van der Waals surface area contributed by atoms with Crippen LogP contribution in [0.15, 0.2) is 48.8 Å². The predicted octanol–water partition coefficient (Wildman–Crippen LogP) is 4.22. The summed E-state index contributed by atoms with van der Waals surface area (Å²) >= 11 is 6.00. The molecule has 0 aliphatic carbocycles. The van der Waals surface area contributed by atoms with Crippen LogP contribution in [0.25, 0.3) is 0 Å². The maximum Gasteiger partial charge on any atom is 0.318 e. The van der Waals surface area contributed by atoms with Gasteiger partial charge in [-0.2, -0.15) is 10.4 Å². The molecule has 2 amide bonds. The lowest BCUT2D eigenvalue weighted by Gasteiger charge is -2.30. The van der Waals surface area contributed by atoms with Gasteiger partial charge in [0.05, 0.1) is 36.9 Å². The minimum Gasteiger partial charge on any atom is -0.493 e. The lowest BCUT2D eigenvalue weighted by atomic mass is 9.99. The van der Waals surface area contributed by atoms with Crippen molar-refractivity contribution in [2.45, 2.75) is 37.9 Å². The Labute approximate surface area is 196 Å². The van der Waals surface area contributed by atoms with Crippen molar-refractivity contribution >= 4 is 17.6 Å². The van der Waals surface area contributed by atoms with Gasteiger partial charge in [-0.25, -0.2) is 14.5 Å². The molecule has 2 aliphatic rings. The summed E-state index contributed by atoms with van der Waals surface area (Å²) in [5.41, 5.74) is 2.51. The molecule has 8 nitrogen and oxygen atoms in total. The number of likely N-dealkylation sites (tertiary alicyclic amines) is 1. The van der Waals surface area contributed by atoms with Gasteiger partial charge in [-0.05, 0) is 42.7 Å². The van der Waals surface area contributed by atoms with Crippen LogP contribution in [-0.4, -0.2) is 38.8 Å². The van der Waals surface area contributed by atoms with E-state index in [-0.39, 0.29) is 18.1 Å². The van der Waals surface area contributed by atoms with Crippen LogP contribution in [0.4, 0.5) is 4.79 Å². The second kappa shape index (κ2) is 9.12. The van der Waals surface area contributed by atoms with Crippen LogP contribution >= 0.6 is 11.6 Å². The zero-order chi connectivity index (χ0) is 22.8. The lowest BCUT2D eigenvalue weighted by Crippen LogP contribution is -2.43. The fraction of sp³-hybridized carbons (Fsp3) is 0.333. The Balaban J connectivity index is 1.32. The molecule has 2 aliphatic heterocycles. The van der Waals surface area contributed by atoms with Crippen molar-refractivity contribution in [1.82, 2.24) is 25.0 Å². The van der Waals surface area contributed by atoms with E-state index in [0.717, 1.165) is 29.8 Å². The molecule has 2 aromatic carbocycles. The van der Waals surface area contributed by atoms with Gasteiger partial charge in [0.2, 0.25) is 0 Å². The van der Waals surface area contributed by atoms with Gasteiger partial charge >= 0.3 is 6.03 Å². The molecule has 0 bridgehead atoms. The van der Waals surface area contributed by atoms with Crippen molar-refractivity contribution in [1.29, 1.82) is 5.26 Å². The first-order valence-corrected chi connectivity index (χ1v) is 11.4. The molecule has 9 heteroatoms. The van der Waals surface area contributed by atoms with E-state index in [4.69, 9.17) is 21.6 Å². The van der Waals surface area contributed by atoms with Gasteiger partial charge in [-0.15, -0.1) is 0 Å². The summed E-state index contributed by atoms with van der Waals surface area (Å²) in [4.78, 5) is 19.7. The van der Waals surface area contributed by atoms with Gasteiger partial charge in [0.1, 0.15) is 17.9 Å². The highest BCUT2D eigenvalue weighted by molar-refractivity contribution is 6.30. The van der Waals surface area contributed by atoms with Gasteiger partial charge in [-0.3, -0.25) is 0 Å². The largest absolute Gasteiger partial charge is 0.493 e. The summed E-state index contributed by atoms with van der Waals surface area (Å²) in [6, 6.07) is 14.7. The quantitative estimate of drug-likeness (QED) is 0.626. The molecule has 0 spiro atoms. The number of amides is 2. The maximum atomic E-state index is 13.3. The van der Waals surface area contributed by atoms with Gasteiger partial charge in [0, 0.05) is 23.6 Å². The van der Waals surface area contributed by atoms with Crippen molar-refractivity contribution in [3.8, 4) is 11.8 Å². The number of fused-ring (bicyclic) bond motifs is 1. The predicted molar refractivity (Wildman–Crippen MR) is 122 cm³/mol. The Morgan fingerprint density at radius 1 is 1.24 bits per heavy atom. The van der Waals surface area contributed by atoms with E-state index in [1.807, 2.05) is 39.9 Å². The van der Waals surface area contributed by atoms with Crippen LogP contribution in [-0.2, 0) is 6.54 Å². The molecule has 0 saturated carbocycles. The molecule has 3 aromatic rings. The first-order chi connectivity index (χ1) is 16.1. The standard InChI is InChI=1S/C24H23ClN6O2/c25-18-6-3-16(4-7-18)14-31-23(27-15-28-31)21-2-1-10-30(21)24(32)29-20-9-11-33-22-12-17(13-26)5-8-19(20)22/h3-8,12,15,20-21H,1-2,9-11,14H2,(H,29,32)/t20?,21-/m1/s1. The zero-order valence-corrected chi connectivity index (χ0v) is 18.7. The average molecular weight is 463 g/mol. The van der Waals surface area contributed by atoms with E-state index in [1.54, 1.807) is 18.5 Å². The topological polar surface area (TPSA) is 96.1 Å². The summed E-state index contributed by atoms with van der Waals surface area (Å²) in [6.07, 6.45) is 3.96. The van der Waals surface area contributed by atoms with E-state index in [2.05, 4.69) is 21.5 Å². The van der Waals surface area contributed by atoms with Crippen molar-refractivity contribution in [3.05, 3.63) is 76.3 Å². The zero-order valence-electron chi connectivity index (χ0n) is 17.9. The normalized spacial score (nSPS) is 19.5. The smallest absolute Gasteiger partial charge is 0.318 e. The first-order valence-electron chi connectivity index (χ1n) is 11.0. The Hall–Kier alpha value is -3.57. The summed E-state index contributed by atoms with van der Waals surface area (Å²) in [6.45, 7) is 1.71. The van der Waals surface area contributed by atoms with E-state index in [0.29, 0.717) is 42.5 Å². The van der Waals surface area contributed by atoms with Crippen LogP contribution in [0, 0.1) is 11.3 Å². The SMILES string of the molecule is N#Cc1ccc2c(c1)OCCC2NC(=O)N1CCC[C@@H]1c1ncnn1Cc1ccc(Cl)cc1. The Morgan fingerprint density at radius 3 is 2.91 bits per heavy atom. The van der Waals surface area contributed by atoms with E-state index < -0.39 is 0 Å². The molecule has 0 radical (unpaired) electrons. The average Bonchev–Trinajstić information content (AvgIpc) is 3.49. The third-order valence-corrected chi connectivity index (χ3v) is 6.43. The highest BCUT2D eigenvalue weighted by Gasteiger charge is 2.35. The third kappa shape index (κ3) is 4.37. The van der Waals surface area contributed by atoms with Crippen molar-refractivity contribution in [2.24, 2.45) is 0 Å². The second-order valence-electron chi connectivity index (χ2n) is 8.26. The molecule has 3 heterocycles. The highest BCUT2D eigenvalue weighted by atomic mass is 35.5. The number of hydrogen-bond acceptors (Lipinski definition) is 5. The number of nitriles is 1. The van der Waals surface area contributed by atoms with Gasteiger partial charge in [0.15, 0.2) is 0 Å². The van der Waals surface area contributed by atoms with Crippen LogP contribution < -0.4 is 10.1 Å². The summed E-state index contributed by atoms with van der Waals surface area (Å²) in [5, 5.41) is 17.4. The lowest BCUT2D eigenvalue weighted by molar-refractivity contribution is 0.179. The monoisotopic (exact) mass is 462 g/mol. The van der Waals surface area contributed by atoms with Crippen LogP contribution in [0.2, 0.25) is 5.02 Å². The molecular formula is C24H23ClN6O2. The van der Waals surface area contributed by atoms with Crippen molar-refractivity contribution in [3.63, 3.8) is 0 Å². The molecule has 1 N–H and O–H groups in total. The molecular weight excluding hydrogens is 440 g/mol. The van der Waals surface area contributed by atoms with Gasteiger partial charge in [-0.1, -0.05) is 29.8 Å². The third-order valence-electron chi connectivity index (χ3n) is 6.18. The summed E-state index contributed by atoms with van der Waals surface area (Å²) in [7, 11) is 0. The minimum atomic E-state index is -0.165. The molecule has 2 atom stereocenters. The molecule has 33 heavy (non-hydrogen) atoms. The van der Waals surface area contributed by atoms with Crippen LogP contribution in [0.3, 0.4) is 0 Å². The van der Waals surface area contributed by atoms with Gasteiger partial charge in [0.25, 0.3) is 0 Å². The fourth-order valence-electron chi connectivity index (χ4n) is 4.53. The van der Waals surface area contributed by atoms with Crippen LogP contribution in [0.5, 0.6) is 5.75 Å². The minimum absolute atomic E-state index is 0.124. The number of rotatable bonds is 4. The van der Waals surface area contributed by atoms with Crippen molar-refractivity contribution in [2.75, 3.05) is 13.2 Å². The number of benzene rings is 2. The number of hydrogen-bond donors (Lipinski definition) is 1. The Bertz CT molecular complexity index is 1200. The number of ether oxygens (including phenoxy) is 1. The number of nitrogens with one attached hydrogen (secondary N) is 1. The van der Waals surface area contributed by atoms with E-state index in [9.17, 15) is 4.79 Å². The number of carbonyl (C=O) groups is 1. The number of carbonyl (C=O) groups excluding carboxylic acids is 1. The second-order valence-corrected chi connectivity index (χ2v) is 8.69. The molecule has 5 rings (SSSR count). The maximum absolute atomic E-state index is 13.3. The molecule has 1 saturated heterocycles. The number of nitrogens with zero attached hydrogens (tertiary/aromatic N) is 5. The Morgan fingerprint density at radius 2 is 2.09 bits per heavy atom. The Kier molecular flexibility index (Phi) is 5.88. The van der Waals surface area contributed by atoms with E-state index >= 15 is 0 Å². The molecule has 1 fully saturated rings. The fourth-order valence-corrected chi connectivity index (χ4v) is 4.66. The molecule has 1 aromatic heterocycles. The van der Waals surface area contributed by atoms with Gasteiger partial charge < -0.3 is 15.0 Å². The van der Waals surface area contributed by atoms with Crippen molar-refractivity contribution < 1.29 is 9.53 Å². The van der Waals surface area contributed by atoms with Crippen LogP contribution in [0.1, 0.15) is 53.9 Å². The number of aromatic nitrogens is 3. The number of halogens is 1. The number of urea groups is 1. The highest BCUT2D eigenvalue weighted by Crippen LogP contribution is 2.35. The van der Waals surface area contributed by atoms with E-state index in [1.165, 1.54) is 0 Å². The molecule has 1 unspecified atom stereocenters. The summed E-state index contributed by atoms with van der Waals surface area (Å²) < 4.78 is 7.57. The summed E-state index contributed by atoms with van der Waals surface area (Å²) in [5.74, 6) is 1.44.